The smallest absolute Gasteiger partial charge is 0.231 e. The highest BCUT2D eigenvalue weighted by molar-refractivity contribution is 5.73. The number of benzene rings is 4. The molecule has 0 amide bonds. The van der Waals surface area contributed by atoms with Gasteiger partial charge < -0.3 is 94.7 Å². The Labute approximate surface area is 543 Å². The summed E-state index contributed by atoms with van der Waals surface area (Å²) in [7, 11) is 0. The molecule has 14 bridgehead atoms. The molecule has 0 aromatic heterocycles. The van der Waals surface area contributed by atoms with Crippen molar-refractivity contribution in [2.45, 2.75) is 154 Å². The lowest BCUT2D eigenvalue weighted by atomic mass is 9.75. The number of unbranched alkanes of at least 4 members (excludes halogenated alkanes) is 8. The van der Waals surface area contributed by atoms with E-state index in [1.165, 1.54) is 0 Å². The van der Waals surface area contributed by atoms with Gasteiger partial charge in [0.05, 0.1) is 106 Å². The van der Waals surface area contributed by atoms with E-state index in [1.54, 1.807) is 0 Å². The highest BCUT2D eigenvalue weighted by atomic mass is 16.7. The summed E-state index contributed by atoms with van der Waals surface area (Å²) >= 11 is 0. The van der Waals surface area contributed by atoms with Gasteiger partial charge in [-0.05, 0) is 49.9 Å². The number of rotatable bonds is 16. The number of hydrogen-bond acceptors (Lipinski definition) is 20. The molecule has 0 atom stereocenters. The van der Waals surface area contributed by atoms with E-state index in [-0.39, 0.29) is 104 Å². The summed E-state index contributed by atoms with van der Waals surface area (Å²) in [5, 5.41) is 0. The molecule has 0 N–H and O–H groups in total. The minimum Gasteiger partial charge on any atom is -0.484 e. The Morgan fingerprint density at radius 3 is 0.533 bits per heavy atom. The van der Waals surface area contributed by atoms with Crippen LogP contribution in [0.3, 0.4) is 0 Å². The second kappa shape index (κ2) is 35.6. The van der Waals surface area contributed by atoms with Gasteiger partial charge in [-0.1, -0.05) is 105 Å². The van der Waals surface area contributed by atoms with Gasteiger partial charge in [0.2, 0.25) is 50.2 Å². The third-order valence-electron chi connectivity index (χ3n) is 18.1. The molecule has 11 rings (SSSR count). The molecule has 0 fully saturated rings. The monoisotopic (exact) mass is 1280 g/mol. The number of ether oxygens (including phenoxy) is 20. The van der Waals surface area contributed by atoms with Crippen molar-refractivity contribution in [2.75, 3.05) is 159 Å². The van der Waals surface area contributed by atoms with Crippen molar-refractivity contribution in [1.82, 2.24) is 0 Å². The van der Waals surface area contributed by atoms with Crippen molar-refractivity contribution in [1.29, 1.82) is 0 Å². The first-order valence-corrected chi connectivity index (χ1v) is 34.6. The second-order valence-electron chi connectivity index (χ2n) is 24.3. The normalized spacial score (nSPS) is 21.6. The van der Waals surface area contributed by atoms with Gasteiger partial charge in [-0.25, -0.2) is 0 Å². The molecule has 1 aliphatic carbocycles. The summed E-state index contributed by atoms with van der Waals surface area (Å²) in [5.74, 6) is 4.83. The first kappa shape index (κ1) is 67.6. The molecule has 0 saturated carbocycles. The van der Waals surface area contributed by atoms with Gasteiger partial charge >= 0.3 is 0 Å². The van der Waals surface area contributed by atoms with Crippen LogP contribution in [0.5, 0.6) is 69.0 Å². The summed E-state index contributed by atoms with van der Waals surface area (Å²) in [6.45, 7) is 14.8. The molecule has 6 heterocycles. The minimum atomic E-state index is -0.334. The first-order valence-electron chi connectivity index (χ1n) is 34.6. The van der Waals surface area contributed by atoms with Crippen LogP contribution in [-0.2, 0) is 37.9 Å². The van der Waals surface area contributed by atoms with E-state index in [0.717, 1.165) is 147 Å². The van der Waals surface area contributed by atoms with Crippen molar-refractivity contribution in [3.8, 4) is 69.0 Å². The van der Waals surface area contributed by atoms with Gasteiger partial charge in [0, 0.05) is 68.2 Å². The number of hydrogen-bond donors (Lipinski definition) is 0. The summed E-state index contributed by atoms with van der Waals surface area (Å²) in [5.41, 5.74) is 7.60. The maximum absolute atomic E-state index is 7.13. The molecule has 0 saturated heterocycles. The van der Waals surface area contributed by atoms with Crippen LogP contribution in [0, 0.1) is 0 Å². The molecule has 20 nitrogen and oxygen atoms in total. The van der Waals surface area contributed by atoms with Crippen LogP contribution in [0.15, 0.2) is 24.3 Å². The standard InChI is InChI=1S/C72H100O20/c1-5-9-13-17-49-53-41-57-51(19-15-11-7-3)59-43-55-50(18-14-10-6-2)56-44-60-52(20-16-12-8-4)58-42-54(49)62-70-66(58)90-48-92-68(60)72-64(56)88-46-87-63(55)71(83-39-35-79-31-27-75-23-24-76-28-32-80-36-40-84-72)67(59)91-47-89-65(57)69(61(53)85-45-86-62)81-37-33-77-29-25-73-21-22-74-26-30-78-34-38-82-70/h41-44,49-52H,5-40,45-48H2,1-4H3. The fourth-order valence-corrected chi connectivity index (χ4v) is 13.7. The lowest BCUT2D eigenvalue weighted by molar-refractivity contribution is -0.00753. The summed E-state index contributed by atoms with van der Waals surface area (Å²) in [6.07, 6.45) is 14.6. The van der Waals surface area contributed by atoms with Gasteiger partial charge in [0.15, 0.2) is 46.0 Å². The van der Waals surface area contributed by atoms with Crippen LogP contribution in [0.1, 0.15) is 199 Å². The second-order valence-corrected chi connectivity index (χ2v) is 24.3. The van der Waals surface area contributed by atoms with Crippen molar-refractivity contribution < 1.29 is 94.7 Å². The zero-order valence-electron chi connectivity index (χ0n) is 55.1. The summed E-state index contributed by atoms with van der Waals surface area (Å²) in [4.78, 5) is 0. The summed E-state index contributed by atoms with van der Waals surface area (Å²) in [6, 6.07) is 9.40. The fraction of sp³-hybridized carbons (Fsp3) is 0.667. The maximum atomic E-state index is 7.13. The van der Waals surface area contributed by atoms with Gasteiger partial charge in [-0.15, -0.1) is 0 Å². The molecule has 0 unspecified atom stereocenters. The van der Waals surface area contributed by atoms with E-state index < -0.39 is 0 Å². The molecule has 508 valence electrons. The van der Waals surface area contributed by atoms with Crippen molar-refractivity contribution in [3.05, 3.63) is 68.8 Å². The zero-order chi connectivity index (χ0) is 63.1. The van der Waals surface area contributed by atoms with Crippen LogP contribution in [0.25, 0.3) is 0 Å². The molecule has 4 aromatic carbocycles. The Morgan fingerprint density at radius 1 is 0.207 bits per heavy atom. The predicted octanol–water partition coefficient (Wildman–Crippen LogP) is 13.4. The predicted molar refractivity (Wildman–Crippen MR) is 343 cm³/mol. The largest absolute Gasteiger partial charge is 0.484 e. The third kappa shape index (κ3) is 16.4. The third-order valence-corrected chi connectivity index (χ3v) is 18.1. The van der Waals surface area contributed by atoms with Crippen molar-refractivity contribution >= 4 is 0 Å². The topological polar surface area (TPSA) is 185 Å². The Morgan fingerprint density at radius 2 is 0.370 bits per heavy atom. The van der Waals surface area contributed by atoms with E-state index in [9.17, 15) is 0 Å². The van der Waals surface area contributed by atoms with E-state index in [1.807, 2.05) is 0 Å². The molecular weight excluding hydrogens is 1180 g/mol. The Kier molecular flexibility index (Phi) is 26.2. The molecule has 0 spiro atoms. The number of fused-ring (bicyclic) bond motifs is 6. The van der Waals surface area contributed by atoms with Crippen LogP contribution in [0.4, 0.5) is 0 Å². The lowest BCUT2D eigenvalue weighted by Gasteiger charge is -2.37. The SMILES string of the molecule is CCCCCC1c2cc3c4c5c2OCOc2c1cc1c(c2OCCOCCOCCOCCOCCO5)OCOc2c(cc5c6c2OCCOCCOCCOCCOCCOc2c(c(cc(c2OCO4)C3CCCCC)C5CCCCC)OCO6)C1CCCCC. The van der Waals surface area contributed by atoms with Crippen LogP contribution < -0.4 is 56.8 Å². The zero-order valence-corrected chi connectivity index (χ0v) is 55.1. The molecule has 20 heteroatoms. The Hall–Kier alpha value is -5.84. The van der Waals surface area contributed by atoms with E-state index in [0.29, 0.717) is 148 Å². The molecule has 4 aromatic rings. The van der Waals surface area contributed by atoms with E-state index in [4.69, 9.17) is 94.7 Å². The molecule has 92 heavy (non-hydrogen) atoms. The highest BCUT2D eigenvalue weighted by Crippen LogP contribution is 2.62. The summed E-state index contributed by atoms with van der Waals surface area (Å²) < 4.78 is 133. The molecular formula is C72H100O20. The van der Waals surface area contributed by atoms with Crippen molar-refractivity contribution in [3.63, 3.8) is 0 Å². The van der Waals surface area contributed by atoms with Gasteiger partial charge in [0.25, 0.3) is 0 Å². The van der Waals surface area contributed by atoms with Crippen LogP contribution in [0.2, 0.25) is 0 Å². The highest BCUT2D eigenvalue weighted by Gasteiger charge is 2.43. The average Bonchev–Trinajstić information content (AvgIpc) is 0.733. The lowest BCUT2D eigenvalue weighted by Crippen LogP contribution is -2.25. The average molecular weight is 1290 g/mol. The first-order chi connectivity index (χ1) is 45.6. The fourth-order valence-electron chi connectivity index (χ4n) is 13.7. The van der Waals surface area contributed by atoms with Gasteiger partial charge in [-0.3, -0.25) is 0 Å². The van der Waals surface area contributed by atoms with Gasteiger partial charge in [-0.2, -0.15) is 0 Å². The van der Waals surface area contributed by atoms with Crippen molar-refractivity contribution in [2.24, 2.45) is 0 Å². The van der Waals surface area contributed by atoms with E-state index >= 15 is 0 Å². The Bertz CT molecular complexity index is 2580. The quantitative estimate of drug-likeness (QED) is 0.0964. The van der Waals surface area contributed by atoms with Gasteiger partial charge in [0.1, 0.15) is 26.4 Å². The van der Waals surface area contributed by atoms with Crippen LogP contribution >= 0.6 is 0 Å². The van der Waals surface area contributed by atoms with Crippen LogP contribution in [-0.4, -0.2) is 159 Å². The molecule has 7 aliphatic rings. The minimum absolute atomic E-state index is 0.188. The Balaban J connectivity index is 1.25. The molecule has 0 radical (unpaired) electrons. The molecule has 6 aliphatic heterocycles. The maximum Gasteiger partial charge on any atom is 0.231 e. The van der Waals surface area contributed by atoms with E-state index in [2.05, 4.69) is 52.0 Å².